The van der Waals surface area contributed by atoms with Crippen LogP contribution in [0.1, 0.15) is 29.8 Å². The van der Waals surface area contributed by atoms with E-state index in [1.807, 2.05) is 0 Å². The van der Waals surface area contributed by atoms with Gasteiger partial charge in [-0.05, 0) is 44.2 Å². The third-order valence-electron chi connectivity index (χ3n) is 3.62. The fourth-order valence-corrected chi connectivity index (χ4v) is 2.42. The molecule has 0 saturated heterocycles. The van der Waals surface area contributed by atoms with Gasteiger partial charge >= 0.3 is 12.1 Å². The number of amides is 1. The van der Waals surface area contributed by atoms with Gasteiger partial charge in [0.1, 0.15) is 0 Å². The summed E-state index contributed by atoms with van der Waals surface area (Å²) in [5, 5.41) is 2.10. The highest BCUT2D eigenvalue weighted by molar-refractivity contribution is 5.96. The SMILES string of the molecule is CCOc1ccc(C(=O)OCC(=O)Nc2ccccc2C(F)(F)F)cc1OCC. The normalized spacial score (nSPS) is 10.9. The summed E-state index contributed by atoms with van der Waals surface area (Å²) in [7, 11) is 0. The van der Waals surface area contributed by atoms with Crippen LogP contribution in [0.25, 0.3) is 0 Å². The lowest BCUT2D eigenvalue weighted by Crippen LogP contribution is -2.22. The molecule has 29 heavy (non-hydrogen) atoms. The molecule has 1 N–H and O–H groups in total. The molecule has 156 valence electrons. The molecular formula is C20H20F3NO5. The Morgan fingerprint density at radius 2 is 1.62 bits per heavy atom. The number of rotatable bonds is 8. The zero-order chi connectivity index (χ0) is 21.4. The number of anilines is 1. The Labute approximate surface area is 165 Å². The average Bonchev–Trinajstić information content (AvgIpc) is 2.67. The van der Waals surface area contributed by atoms with Gasteiger partial charge in [-0.15, -0.1) is 0 Å². The Morgan fingerprint density at radius 3 is 2.28 bits per heavy atom. The van der Waals surface area contributed by atoms with E-state index in [4.69, 9.17) is 14.2 Å². The molecule has 0 radical (unpaired) electrons. The van der Waals surface area contributed by atoms with Crippen LogP contribution in [0.15, 0.2) is 42.5 Å². The molecule has 0 unspecified atom stereocenters. The fraction of sp³-hybridized carbons (Fsp3) is 0.300. The predicted molar refractivity (Wildman–Crippen MR) is 99.1 cm³/mol. The second-order valence-corrected chi connectivity index (χ2v) is 5.70. The number of halogens is 3. The van der Waals surface area contributed by atoms with Crippen LogP contribution in [0, 0.1) is 0 Å². The summed E-state index contributed by atoms with van der Waals surface area (Å²) < 4.78 is 54.6. The van der Waals surface area contributed by atoms with Gasteiger partial charge in [0, 0.05) is 0 Å². The highest BCUT2D eigenvalue weighted by Crippen LogP contribution is 2.34. The predicted octanol–water partition coefficient (Wildman–Crippen LogP) is 4.30. The molecule has 0 aromatic heterocycles. The van der Waals surface area contributed by atoms with Crippen molar-refractivity contribution in [1.82, 2.24) is 0 Å². The Bertz CT molecular complexity index is 867. The van der Waals surface area contributed by atoms with E-state index in [9.17, 15) is 22.8 Å². The zero-order valence-electron chi connectivity index (χ0n) is 15.8. The number of benzene rings is 2. The van der Waals surface area contributed by atoms with Gasteiger partial charge in [0.2, 0.25) is 0 Å². The lowest BCUT2D eigenvalue weighted by molar-refractivity contribution is -0.137. The first-order valence-electron chi connectivity index (χ1n) is 8.79. The summed E-state index contributed by atoms with van der Waals surface area (Å²) >= 11 is 0. The van der Waals surface area contributed by atoms with Crippen molar-refractivity contribution in [3.8, 4) is 11.5 Å². The summed E-state index contributed by atoms with van der Waals surface area (Å²) in [5.41, 5.74) is -1.30. The summed E-state index contributed by atoms with van der Waals surface area (Å²) in [6.45, 7) is 3.57. The third-order valence-corrected chi connectivity index (χ3v) is 3.62. The smallest absolute Gasteiger partial charge is 0.418 e. The Morgan fingerprint density at radius 1 is 0.966 bits per heavy atom. The Kier molecular flexibility index (Phi) is 7.46. The van der Waals surface area contributed by atoms with Crippen LogP contribution in [-0.2, 0) is 15.7 Å². The number of para-hydroxylation sites is 1. The van der Waals surface area contributed by atoms with E-state index in [2.05, 4.69) is 5.32 Å². The van der Waals surface area contributed by atoms with Gasteiger partial charge in [0.25, 0.3) is 5.91 Å². The van der Waals surface area contributed by atoms with Crippen LogP contribution in [0.3, 0.4) is 0 Å². The molecule has 0 spiro atoms. The summed E-state index contributed by atoms with van der Waals surface area (Å²) in [5.74, 6) is -0.931. The van der Waals surface area contributed by atoms with Gasteiger partial charge in [-0.1, -0.05) is 12.1 Å². The molecule has 0 aliphatic rings. The van der Waals surface area contributed by atoms with Gasteiger partial charge in [0.05, 0.1) is 30.0 Å². The molecule has 2 aromatic carbocycles. The minimum atomic E-state index is -4.63. The number of ether oxygens (including phenoxy) is 3. The van der Waals surface area contributed by atoms with Crippen LogP contribution in [0.2, 0.25) is 0 Å². The maximum atomic E-state index is 13.0. The van der Waals surface area contributed by atoms with Crippen LogP contribution in [0.4, 0.5) is 18.9 Å². The van der Waals surface area contributed by atoms with E-state index in [1.165, 1.54) is 30.3 Å². The standard InChI is InChI=1S/C20H20F3NO5/c1-3-27-16-10-9-13(11-17(16)28-4-2)19(26)29-12-18(25)24-15-8-6-5-7-14(15)20(21,22)23/h5-11H,3-4,12H2,1-2H3,(H,24,25). The molecule has 0 heterocycles. The maximum Gasteiger partial charge on any atom is 0.418 e. The molecule has 2 rings (SSSR count). The van der Waals surface area contributed by atoms with Gasteiger partial charge < -0.3 is 19.5 Å². The van der Waals surface area contributed by atoms with E-state index >= 15 is 0 Å². The first-order chi connectivity index (χ1) is 13.8. The van der Waals surface area contributed by atoms with Gasteiger partial charge in [-0.2, -0.15) is 13.2 Å². The van der Waals surface area contributed by atoms with E-state index < -0.39 is 35.9 Å². The maximum absolute atomic E-state index is 13.0. The van der Waals surface area contributed by atoms with E-state index in [0.717, 1.165) is 12.1 Å². The highest BCUT2D eigenvalue weighted by Gasteiger charge is 2.33. The van der Waals surface area contributed by atoms with Gasteiger partial charge in [-0.25, -0.2) is 4.79 Å². The molecule has 0 fully saturated rings. The van der Waals surface area contributed by atoms with Gasteiger partial charge in [-0.3, -0.25) is 4.79 Å². The molecule has 0 bridgehead atoms. The molecule has 0 atom stereocenters. The number of hydrogen-bond acceptors (Lipinski definition) is 5. The lowest BCUT2D eigenvalue weighted by Gasteiger charge is -2.14. The van der Waals surface area contributed by atoms with Crippen molar-refractivity contribution in [2.75, 3.05) is 25.1 Å². The molecule has 6 nitrogen and oxygen atoms in total. The van der Waals surface area contributed by atoms with E-state index in [0.29, 0.717) is 24.7 Å². The number of carbonyl (C=O) groups excluding carboxylic acids is 2. The minimum Gasteiger partial charge on any atom is -0.490 e. The first-order valence-corrected chi connectivity index (χ1v) is 8.79. The monoisotopic (exact) mass is 411 g/mol. The first kappa shape index (κ1) is 22.1. The average molecular weight is 411 g/mol. The van der Waals surface area contributed by atoms with Crippen LogP contribution in [0.5, 0.6) is 11.5 Å². The van der Waals surface area contributed by atoms with Crippen molar-refractivity contribution in [3.05, 3.63) is 53.6 Å². The number of esters is 1. The largest absolute Gasteiger partial charge is 0.490 e. The molecule has 2 aromatic rings. The van der Waals surface area contributed by atoms with Crippen LogP contribution in [-0.4, -0.2) is 31.7 Å². The van der Waals surface area contributed by atoms with Gasteiger partial charge in [0.15, 0.2) is 18.1 Å². The topological polar surface area (TPSA) is 73.9 Å². The van der Waals surface area contributed by atoms with E-state index in [1.54, 1.807) is 13.8 Å². The van der Waals surface area contributed by atoms with Crippen molar-refractivity contribution in [2.24, 2.45) is 0 Å². The van der Waals surface area contributed by atoms with E-state index in [-0.39, 0.29) is 5.56 Å². The van der Waals surface area contributed by atoms with Crippen LogP contribution >= 0.6 is 0 Å². The number of alkyl halides is 3. The number of carbonyl (C=O) groups is 2. The molecular weight excluding hydrogens is 391 g/mol. The zero-order valence-corrected chi connectivity index (χ0v) is 15.8. The van der Waals surface area contributed by atoms with Crippen molar-refractivity contribution in [3.63, 3.8) is 0 Å². The van der Waals surface area contributed by atoms with Crippen molar-refractivity contribution < 1.29 is 37.0 Å². The number of nitrogens with one attached hydrogen (secondary N) is 1. The molecule has 0 aliphatic heterocycles. The Balaban J connectivity index is 2.02. The summed E-state index contributed by atoms with van der Waals surface area (Å²) in [4.78, 5) is 24.1. The van der Waals surface area contributed by atoms with Crippen molar-refractivity contribution in [1.29, 1.82) is 0 Å². The summed E-state index contributed by atoms with van der Waals surface area (Å²) in [6, 6.07) is 8.90. The Hall–Kier alpha value is -3.23. The highest BCUT2D eigenvalue weighted by atomic mass is 19.4. The third kappa shape index (κ3) is 6.13. The van der Waals surface area contributed by atoms with Crippen molar-refractivity contribution in [2.45, 2.75) is 20.0 Å². The van der Waals surface area contributed by atoms with Crippen LogP contribution < -0.4 is 14.8 Å². The second kappa shape index (κ2) is 9.81. The minimum absolute atomic E-state index is 0.111. The lowest BCUT2D eigenvalue weighted by atomic mass is 10.1. The van der Waals surface area contributed by atoms with Crippen molar-refractivity contribution >= 4 is 17.6 Å². The molecule has 1 amide bonds. The quantitative estimate of drug-likeness (QED) is 0.656. The number of hydrogen-bond donors (Lipinski definition) is 1. The second-order valence-electron chi connectivity index (χ2n) is 5.70. The molecule has 9 heteroatoms. The molecule has 0 saturated carbocycles. The molecule has 0 aliphatic carbocycles. The summed E-state index contributed by atoms with van der Waals surface area (Å²) in [6.07, 6.45) is -4.63. The fourth-order valence-electron chi connectivity index (χ4n) is 2.42.